The number of piperazine rings is 1. The van der Waals surface area contributed by atoms with E-state index >= 15 is 0 Å². The second-order valence-corrected chi connectivity index (χ2v) is 5.90. The van der Waals surface area contributed by atoms with Gasteiger partial charge >= 0.3 is 0 Å². The van der Waals surface area contributed by atoms with Crippen LogP contribution in [0.2, 0.25) is 0 Å². The molecule has 1 N–H and O–H groups in total. The van der Waals surface area contributed by atoms with Crippen LogP contribution in [0.3, 0.4) is 0 Å². The van der Waals surface area contributed by atoms with Crippen molar-refractivity contribution in [2.45, 2.75) is 32.9 Å². The van der Waals surface area contributed by atoms with Gasteiger partial charge < -0.3 is 10.2 Å². The Bertz CT molecular complexity index is 445. The molecule has 0 bridgehead atoms. The van der Waals surface area contributed by atoms with Crippen molar-refractivity contribution in [3.8, 4) is 0 Å². The van der Waals surface area contributed by atoms with Gasteiger partial charge in [-0.1, -0.05) is 0 Å². The molecule has 0 radical (unpaired) electrons. The summed E-state index contributed by atoms with van der Waals surface area (Å²) in [5.74, 6) is 0.0702. The Morgan fingerprint density at radius 3 is 2.72 bits per heavy atom. The second kappa shape index (κ2) is 5.63. The van der Waals surface area contributed by atoms with Crippen LogP contribution >= 0.6 is 11.3 Å². The summed E-state index contributed by atoms with van der Waals surface area (Å²) in [5, 5.41) is 6.39. The standard InChI is InChI=1S/C13H19N3OS/c1-9-6-16(7-10(2)14-9)13(17)5-4-12-8-18-11(3)15-12/h4-5,8-10,14H,6-7H2,1-3H3/b5-4+. The summed E-state index contributed by atoms with van der Waals surface area (Å²) >= 11 is 1.60. The molecule has 0 aliphatic carbocycles. The first-order chi connectivity index (χ1) is 8.54. The van der Waals surface area contributed by atoms with E-state index in [1.807, 2.05) is 17.2 Å². The molecule has 2 atom stereocenters. The third kappa shape index (κ3) is 3.40. The van der Waals surface area contributed by atoms with E-state index in [1.54, 1.807) is 23.5 Å². The molecule has 98 valence electrons. The van der Waals surface area contributed by atoms with Gasteiger partial charge in [0, 0.05) is 36.6 Å². The predicted octanol–water partition coefficient (Wildman–Crippen LogP) is 1.67. The molecule has 2 heterocycles. The highest BCUT2D eigenvalue weighted by atomic mass is 32.1. The lowest BCUT2D eigenvalue weighted by Gasteiger charge is -2.35. The zero-order chi connectivity index (χ0) is 13.1. The van der Waals surface area contributed by atoms with E-state index in [4.69, 9.17) is 0 Å². The molecule has 4 nitrogen and oxygen atoms in total. The van der Waals surface area contributed by atoms with Crippen molar-refractivity contribution in [3.63, 3.8) is 0 Å². The van der Waals surface area contributed by atoms with Crippen molar-refractivity contribution in [2.24, 2.45) is 0 Å². The minimum atomic E-state index is 0.0702. The minimum absolute atomic E-state index is 0.0702. The molecular formula is C13H19N3OS. The quantitative estimate of drug-likeness (QED) is 0.827. The Balaban J connectivity index is 1.97. The number of nitrogens with zero attached hydrogens (tertiary/aromatic N) is 2. The molecule has 0 saturated carbocycles. The first-order valence-electron chi connectivity index (χ1n) is 6.20. The van der Waals surface area contributed by atoms with Gasteiger partial charge in [-0.25, -0.2) is 4.98 Å². The number of rotatable bonds is 2. The average molecular weight is 265 g/mol. The van der Waals surface area contributed by atoms with Gasteiger partial charge in [-0.05, 0) is 26.8 Å². The summed E-state index contributed by atoms with van der Waals surface area (Å²) in [5.41, 5.74) is 0.863. The van der Waals surface area contributed by atoms with E-state index < -0.39 is 0 Å². The molecule has 0 spiro atoms. The van der Waals surface area contributed by atoms with Crippen LogP contribution in [-0.4, -0.2) is 41.0 Å². The highest BCUT2D eigenvalue weighted by Gasteiger charge is 2.23. The molecule has 18 heavy (non-hydrogen) atoms. The zero-order valence-corrected chi connectivity index (χ0v) is 11.8. The SMILES string of the molecule is Cc1nc(/C=C/C(=O)N2CC(C)NC(C)C2)cs1. The number of carbonyl (C=O) groups excluding carboxylic acids is 1. The average Bonchev–Trinajstić information content (AvgIpc) is 2.70. The molecule has 1 aromatic heterocycles. The third-order valence-electron chi connectivity index (χ3n) is 2.90. The van der Waals surface area contributed by atoms with Crippen LogP contribution in [-0.2, 0) is 4.79 Å². The van der Waals surface area contributed by atoms with Gasteiger partial charge in [-0.15, -0.1) is 11.3 Å². The molecule has 1 amide bonds. The molecule has 0 aromatic carbocycles. The monoisotopic (exact) mass is 265 g/mol. The fourth-order valence-electron chi connectivity index (χ4n) is 2.23. The van der Waals surface area contributed by atoms with E-state index in [-0.39, 0.29) is 5.91 Å². The zero-order valence-electron chi connectivity index (χ0n) is 11.0. The number of carbonyl (C=O) groups is 1. The maximum absolute atomic E-state index is 12.1. The fourth-order valence-corrected chi connectivity index (χ4v) is 2.81. The maximum Gasteiger partial charge on any atom is 0.246 e. The highest BCUT2D eigenvalue weighted by Crippen LogP contribution is 2.10. The van der Waals surface area contributed by atoms with Gasteiger partial charge in [0.1, 0.15) is 0 Å². The summed E-state index contributed by atoms with van der Waals surface area (Å²) < 4.78 is 0. The molecule has 1 aromatic rings. The lowest BCUT2D eigenvalue weighted by molar-refractivity contribution is -0.127. The van der Waals surface area contributed by atoms with E-state index in [0.29, 0.717) is 12.1 Å². The van der Waals surface area contributed by atoms with Crippen molar-refractivity contribution >= 4 is 23.3 Å². The van der Waals surface area contributed by atoms with Crippen LogP contribution in [0.25, 0.3) is 6.08 Å². The molecule has 2 rings (SSSR count). The summed E-state index contributed by atoms with van der Waals surface area (Å²) in [7, 11) is 0. The van der Waals surface area contributed by atoms with E-state index in [2.05, 4.69) is 24.1 Å². The molecule has 1 aliphatic heterocycles. The van der Waals surface area contributed by atoms with Crippen LogP contribution < -0.4 is 5.32 Å². The molecular weight excluding hydrogens is 246 g/mol. The van der Waals surface area contributed by atoms with Crippen LogP contribution in [0.5, 0.6) is 0 Å². The summed E-state index contributed by atoms with van der Waals surface area (Å²) in [6.07, 6.45) is 3.42. The number of hydrogen-bond acceptors (Lipinski definition) is 4. The minimum Gasteiger partial charge on any atom is -0.336 e. The van der Waals surface area contributed by atoms with Crippen molar-refractivity contribution in [1.82, 2.24) is 15.2 Å². The third-order valence-corrected chi connectivity index (χ3v) is 3.69. The van der Waals surface area contributed by atoms with Gasteiger partial charge in [0.25, 0.3) is 0 Å². The normalized spacial score (nSPS) is 24.7. The molecule has 1 aliphatic rings. The van der Waals surface area contributed by atoms with Crippen LogP contribution in [0.4, 0.5) is 0 Å². The van der Waals surface area contributed by atoms with E-state index in [9.17, 15) is 4.79 Å². The van der Waals surface area contributed by atoms with Crippen molar-refractivity contribution in [1.29, 1.82) is 0 Å². The Morgan fingerprint density at radius 2 is 2.17 bits per heavy atom. The molecule has 2 unspecified atom stereocenters. The maximum atomic E-state index is 12.1. The second-order valence-electron chi connectivity index (χ2n) is 4.84. The number of amides is 1. The van der Waals surface area contributed by atoms with Crippen LogP contribution in [0, 0.1) is 6.92 Å². The summed E-state index contributed by atoms with van der Waals surface area (Å²) in [6, 6.07) is 0.709. The summed E-state index contributed by atoms with van der Waals surface area (Å²) in [6.45, 7) is 7.70. The number of aryl methyl sites for hydroxylation is 1. The predicted molar refractivity (Wildman–Crippen MR) is 74.5 cm³/mol. The number of thiazole rings is 1. The number of nitrogens with one attached hydrogen (secondary N) is 1. The number of aromatic nitrogens is 1. The van der Waals surface area contributed by atoms with E-state index in [0.717, 1.165) is 23.8 Å². The van der Waals surface area contributed by atoms with Gasteiger partial charge in [-0.3, -0.25) is 4.79 Å². The molecule has 5 heteroatoms. The van der Waals surface area contributed by atoms with Gasteiger partial charge in [-0.2, -0.15) is 0 Å². The largest absolute Gasteiger partial charge is 0.336 e. The smallest absolute Gasteiger partial charge is 0.246 e. The first kappa shape index (κ1) is 13.2. The Hall–Kier alpha value is -1.20. The van der Waals surface area contributed by atoms with Crippen molar-refractivity contribution in [2.75, 3.05) is 13.1 Å². The van der Waals surface area contributed by atoms with Crippen LogP contribution in [0.15, 0.2) is 11.5 Å². The lowest BCUT2D eigenvalue weighted by atomic mass is 10.1. The van der Waals surface area contributed by atoms with Crippen molar-refractivity contribution in [3.05, 3.63) is 22.2 Å². The van der Waals surface area contributed by atoms with Gasteiger partial charge in [0.2, 0.25) is 5.91 Å². The lowest BCUT2D eigenvalue weighted by Crippen LogP contribution is -2.55. The Morgan fingerprint density at radius 1 is 1.50 bits per heavy atom. The van der Waals surface area contributed by atoms with Gasteiger partial charge in [0.05, 0.1) is 10.7 Å². The topological polar surface area (TPSA) is 45.2 Å². The van der Waals surface area contributed by atoms with Crippen LogP contribution in [0.1, 0.15) is 24.5 Å². The molecule has 1 saturated heterocycles. The van der Waals surface area contributed by atoms with E-state index in [1.165, 1.54) is 0 Å². The van der Waals surface area contributed by atoms with Gasteiger partial charge in [0.15, 0.2) is 0 Å². The fraction of sp³-hybridized carbons (Fsp3) is 0.538. The highest BCUT2D eigenvalue weighted by molar-refractivity contribution is 7.09. The number of hydrogen-bond donors (Lipinski definition) is 1. The Kier molecular flexibility index (Phi) is 4.14. The summed E-state index contributed by atoms with van der Waals surface area (Å²) in [4.78, 5) is 18.3. The van der Waals surface area contributed by atoms with Crippen molar-refractivity contribution < 1.29 is 4.79 Å². The first-order valence-corrected chi connectivity index (χ1v) is 7.07. The Labute approximate surface area is 112 Å². The molecule has 1 fully saturated rings.